The normalized spacial score (nSPS) is 17.4. The predicted octanol–water partition coefficient (Wildman–Crippen LogP) is 6.27. The molecule has 8 nitrogen and oxygen atoms in total. The SMILES string of the molecule is CC(C)(C)OC(=O)NC1CCCc2cc(-c3ccc4c(=O)c(C(=O)O)cn(C5CC5)c4c3OC(F)F)sc21. The number of amides is 1. The van der Waals surface area contributed by atoms with E-state index in [1.807, 2.05) is 6.07 Å². The van der Waals surface area contributed by atoms with Crippen LogP contribution < -0.4 is 15.5 Å². The van der Waals surface area contributed by atoms with E-state index < -0.39 is 35.3 Å². The Balaban J connectivity index is 1.63. The number of carbonyl (C=O) groups excluding carboxylic acids is 1. The number of rotatable bonds is 6. The van der Waals surface area contributed by atoms with Gasteiger partial charge in [-0.15, -0.1) is 11.3 Å². The second-order valence-corrected chi connectivity index (χ2v) is 11.7. The van der Waals surface area contributed by atoms with E-state index in [1.165, 1.54) is 29.7 Å². The van der Waals surface area contributed by atoms with Crippen LogP contribution in [0, 0.1) is 0 Å². The van der Waals surface area contributed by atoms with E-state index in [4.69, 9.17) is 9.47 Å². The van der Waals surface area contributed by atoms with Crippen LogP contribution in [0.4, 0.5) is 13.6 Å². The third-order valence-electron chi connectivity index (χ3n) is 6.58. The molecule has 1 amide bonds. The first-order valence-electron chi connectivity index (χ1n) is 12.5. The minimum atomic E-state index is -3.16. The number of carboxylic acids is 1. The molecule has 202 valence electrons. The molecule has 3 aromatic rings. The molecule has 0 bridgehead atoms. The highest BCUT2D eigenvalue weighted by molar-refractivity contribution is 7.15. The monoisotopic (exact) mass is 546 g/mol. The van der Waals surface area contributed by atoms with Crippen molar-refractivity contribution in [3.63, 3.8) is 0 Å². The molecule has 2 N–H and O–H groups in total. The fourth-order valence-corrected chi connectivity index (χ4v) is 6.21. The van der Waals surface area contributed by atoms with Gasteiger partial charge in [-0.2, -0.15) is 8.78 Å². The standard InChI is InChI=1S/C27H28F2N2O6S/c1-27(2,3)37-26(35)30-18-6-4-5-13-11-19(38-23(13)18)15-9-10-16-20(22(15)36-25(28)29)31(14-7-8-14)12-17(21(16)32)24(33)34/h9-12,14,18,25H,4-8H2,1-3H3,(H,30,35)(H,33,34). The van der Waals surface area contributed by atoms with Crippen molar-refractivity contribution in [2.75, 3.05) is 0 Å². The van der Waals surface area contributed by atoms with Gasteiger partial charge >= 0.3 is 18.7 Å². The lowest BCUT2D eigenvalue weighted by molar-refractivity contribution is -0.0486. The Labute approximate surface area is 221 Å². The molecular formula is C27H28F2N2O6S. The number of thiophene rings is 1. The lowest BCUT2D eigenvalue weighted by Crippen LogP contribution is -2.35. The van der Waals surface area contributed by atoms with Crippen LogP contribution in [-0.2, 0) is 11.2 Å². The molecule has 1 unspecified atom stereocenters. The van der Waals surface area contributed by atoms with E-state index in [0.29, 0.717) is 16.9 Å². The van der Waals surface area contributed by atoms with Crippen molar-refractivity contribution in [3.05, 3.63) is 50.6 Å². The molecule has 38 heavy (non-hydrogen) atoms. The second kappa shape index (κ2) is 9.68. The van der Waals surface area contributed by atoms with Gasteiger partial charge in [-0.3, -0.25) is 4.79 Å². The molecule has 0 saturated heterocycles. The molecule has 2 heterocycles. The first-order chi connectivity index (χ1) is 17.9. The number of aryl methyl sites for hydroxylation is 1. The topological polar surface area (TPSA) is 107 Å². The van der Waals surface area contributed by atoms with Crippen LogP contribution in [0.15, 0.2) is 29.2 Å². The molecule has 2 aromatic heterocycles. The van der Waals surface area contributed by atoms with Gasteiger partial charge in [-0.1, -0.05) is 0 Å². The number of hydrogen-bond acceptors (Lipinski definition) is 6. The quantitative estimate of drug-likeness (QED) is 0.378. The van der Waals surface area contributed by atoms with Gasteiger partial charge in [0.15, 0.2) is 5.75 Å². The molecule has 2 aliphatic rings. The molecule has 11 heteroatoms. The van der Waals surface area contributed by atoms with Crippen LogP contribution in [-0.4, -0.2) is 33.9 Å². The van der Waals surface area contributed by atoms with Crippen molar-refractivity contribution in [3.8, 4) is 16.2 Å². The number of hydrogen-bond donors (Lipinski definition) is 2. The summed E-state index contributed by atoms with van der Waals surface area (Å²) < 4.78 is 39.5. The summed E-state index contributed by atoms with van der Waals surface area (Å²) in [6.07, 6.45) is 4.49. The molecule has 0 aliphatic heterocycles. The third kappa shape index (κ3) is 5.11. The van der Waals surface area contributed by atoms with Crippen molar-refractivity contribution in [1.29, 1.82) is 0 Å². The first kappa shape index (κ1) is 26.1. The molecule has 2 aliphatic carbocycles. The lowest BCUT2D eigenvalue weighted by atomic mass is 9.94. The molecule has 0 radical (unpaired) electrons. The van der Waals surface area contributed by atoms with Crippen LogP contribution in [0.3, 0.4) is 0 Å². The van der Waals surface area contributed by atoms with E-state index in [9.17, 15) is 28.3 Å². The van der Waals surface area contributed by atoms with Crippen LogP contribution in [0.5, 0.6) is 5.75 Å². The zero-order valence-corrected chi connectivity index (χ0v) is 22.0. The molecule has 0 spiro atoms. The predicted molar refractivity (Wildman–Crippen MR) is 138 cm³/mol. The maximum absolute atomic E-state index is 13.7. The number of carbonyl (C=O) groups is 2. The number of halogens is 2. The summed E-state index contributed by atoms with van der Waals surface area (Å²) >= 11 is 1.37. The summed E-state index contributed by atoms with van der Waals surface area (Å²) in [5.74, 6) is -1.53. The number of nitrogens with zero attached hydrogens (tertiary/aromatic N) is 1. The van der Waals surface area contributed by atoms with Gasteiger partial charge in [0.25, 0.3) is 0 Å². The highest BCUT2D eigenvalue weighted by atomic mass is 32.1. The van der Waals surface area contributed by atoms with E-state index in [2.05, 4.69) is 5.32 Å². The van der Waals surface area contributed by atoms with Crippen LogP contribution in [0.25, 0.3) is 21.3 Å². The fraction of sp³-hybridized carbons (Fsp3) is 0.444. The van der Waals surface area contributed by atoms with Crippen molar-refractivity contribution >= 4 is 34.3 Å². The number of aromatic carboxylic acids is 1. The van der Waals surface area contributed by atoms with Crippen LogP contribution in [0.1, 0.15) is 79.3 Å². The minimum Gasteiger partial charge on any atom is -0.477 e. The maximum Gasteiger partial charge on any atom is 0.408 e. The number of nitrogens with one attached hydrogen (secondary N) is 1. The molecular weight excluding hydrogens is 518 g/mol. The fourth-order valence-electron chi connectivity index (χ4n) is 4.89. The van der Waals surface area contributed by atoms with Gasteiger partial charge in [0.2, 0.25) is 5.43 Å². The third-order valence-corrected chi connectivity index (χ3v) is 7.90. The number of carboxylic acid groups (broad SMARTS) is 1. The average molecular weight is 547 g/mol. The number of alkyl carbamates (subject to hydrolysis) is 1. The van der Waals surface area contributed by atoms with Gasteiger partial charge in [-0.05, 0) is 76.6 Å². The van der Waals surface area contributed by atoms with Crippen LogP contribution in [0.2, 0.25) is 0 Å². The molecule has 1 aromatic carbocycles. The van der Waals surface area contributed by atoms with Crippen molar-refractivity contribution in [2.45, 2.75) is 77.2 Å². The zero-order chi connectivity index (χ0) is 27.4. The Morgan fingerprint density at radius 1 is 1.21 bits per heavy atom. The van der Waals surface area contributed by atoms with Gasteiger partial charge in [-0.25, -0.2) is 9.59 Å². The minimum absolute atomic E-state index is 0.0157. The Kier molecular flexibility index (Phi) is 6.66. The second-order valence-electron chi connectivity index (χ2n) is 10.6. The van der Waals surface area contributed by atoms with Gasteiger partial charge < -0.3 is 24.5 Å². The van der Waals surface area contributed by atoms with Crippen molar-refractivity contribution in [1.82, 2.24) is 9.88 Å². The smallest absolute Gasteiger partial charge is 0.408 e. The summed E-state index contributed by atoms with van der Waals surface area (Å²) in [6.45, 7) is 2.20. The van der Waals surface area contributed by atoms with E-state index in [0.717, 1.165) is 36.1 Å². The average Bonchev–Trinajstić information content (AvgIpc) is 3.56. The van der Waals surface area contributed by atoms with E-state index in [-0.39, 0.29) is 28.7 Å². The number of pyridine rings is 1. The Hall–Kier alpha value is -3.47. The van der Waals surface area contributed by atoms with Gasteiger partial charge in [0, 0.05) is 27.6 Å². The van der Waals surface area contributed by atoms with E-state index >= 15 is 0 Å². The number of fused-ring (bicyclic) bond motifs is 2. The number of aromatic nitrogens is 1. The zero-order valence-electron chi connectivity index (χ0n) is 21.2. The first-order valence-corrected chi connectivity index (χ1v) is 13.3. The van der Waals surface area contributed by atoms with Crippen molar-refractivity contribution in [2.24, 2.45) is 0 Å². The van der Waals surface area contributed by atoms with E-state index in [1.54, 1.807) is 25.3 Å². The summed E-state index contributed by atoms with van der Waals surface area (Å²) in [6, 6.07) is 4.53. The molecule has 1 saturated carbocycles. The Morgan fingerprint density at radius 2 is 1.95 bits per heavy atom. The summed E-state index contributed by atoms with van der Waals surface area (Å²) in [5.41, 5.74) is -0.265. The van der Waals surface area contributed by atoms with Gasteiger partial charge in [0.1, 0.15) is 11.2 Å². The molecule has 1 fully saturated rings. The van der Waals surface area contributed by atoms with Gasteiger partial charge in [0.05, 0.1) is 16.9 Å². The van der Waals surface area contributed by atoms with Crippen LogP contribution >= 0.6 is 11.3 Å². The highest BCUT2D eigenvalue weighted by Gasteiger charge is 2.32. The largest absolute Gasteiger partial charge is 0.477 e. The highest BCUT2D eigenvalue weighted by Crippen LogP contribution is 2.47. The Bertz CT molecular complexity index is 1490. The number of benzene rings is 1. The molecule has 1 atom stereocenters. The lowest BCUT2D eigenvalue weighted by Gasteiger charge is -2.26. The maximum atomic E-state index is 13.7. The summed E-state index contributed by atoms with van der Waals surface area (Å²) in [7, 11) is 0. The van der Waals surface area contributed by atoms with Crippen molar-refractivity contribution < 1.29 is 33.0 Å². The summed E-state index contributed by atoms with van der Waals surface area (Å²) in [4.78, 5) is 38.7. The summed E-state index contributed by atoms with van der Waals surface area (Å²) in [5, 5.41) is 12.5. The number of alkyl halides is 2. The Morgan fingerprint density at radius 3 is 2.58 bits per heavy atom. The molecule has 5 rings (SSSR count). The number of ether oxygens (including phenoxy) is 2.